The summed E-state index contributed by atoms with van der Waals surface area (Å²) in [6, 6.07) is 0. The summed E-state index contributed by atoms with van der Waals surface area (Å²) in [4.78, 5) is 37.7. The Kier molecular flexibility index (Phi) is 44.2. The van der Waals surface area contributed by atoms with Crippen LogP contribution in [0, 0.1) is 0 Å². The maximum atomic E-state index is 12.8. The van der Waals surface area contributed by atoms with Crippen molar-refractivity contribution in [2.75, 3.05) is 47.5 Å². The second-order valence-corrected chi connectivity index (χ2v) is 19.9. The first kappa shape index (κ1) is 61.7. The molecule has 0 N–H and O–H groups in total. The number of phosphoric acid groups is 1. The van der Waals surface area contributed by atoms with E-state index in [9.17, 15) is 19.0 Å². The van der Waals surface area contributed by atoms with Crippen LogP contribution in [0.4, 0.5) is 0 Å². The minimum Gasteiger partial charge on any atom is -0.756 e. The van der Waals surface area contributed by atoms with Gasteiger partial charge in [0.25, 0.3) is 7.82 Å². The molecule has 0 bridgehead atoms. The highest BCUT2D eigenvalue weighted by Crippen LogP contribution is 2.38. The Morgan fingerprint density at radius 1 is 0.484 bits per heavy atom. The first-order valence-electron chi connectivity index (χ1n) is 26.0. The summed E-state index contributed by atoms with van der Waals surface area (Å²) in [7, 11) is 1.15. The molecule has 0 aliphatic carbocycles. The minimum absolute atomic E-state index is 0.0360. The van der Waals surface area contributed by atoms with Crippen LogP contribution in [0.2, 0.25) is 0 Å². The lowest BCUT2D eigenvalue weighted by atomic mass is 10.1. The van der Waals surface area contributed by atoms with E-state index >= 15 is 0 Å². The number of nitrogens with zero attached hydrogens (tertiary/aromatic N) is 1. The molecule has 0 aromatic heterocycles. The summed E-state index contributed by atoms with van der Waals surface area (Å²) < 4.78 is 34.0. The summed E-state index contributed by atoms with van der Waals surface area (Å²) in [6.45, 7) is 4.18. The number of carbonyl (C=O) groups excluding carboxylic acids is 2. The van der Waals surface area contributed by atoms with Gasteiger partial charge in [0, 0.05) is 12.8 Å². The molecule has 0 fully saturated rings. The summed E-state index contributed by atoms with van der Waals surface area (Å²) in [6.07, 6.45) is 56.7. The number of esters is 2. The molecule has 2 atom stereocenters. The van der Waals surface area contributed by atoms with Gasteiger partial charge in [0.05, 0.1) is 27.7 Å². The smallest absolute Gasteiger partial charge is 0.306 e. The van der Waals surface area contributed by atoms with Gasteiger partial charge in [-0.15, -0.1) is 0 Å². The molecule has 0 aromatic rings. The SMILES string of the molecule is CCCCC/C=C\C/C=C\CCCCCCCCCC(=O)OCC(COP(=O)([O-])OCC[N+](C)(C)C)OC(=O)CCCCCCCCCC/C=C\C/C=C\C/C=C\CCCCCCC. The van der Waals surface area contributed by atoms with Crippen LogP contribution in [0.5, 0.6) is 0 Å². The maximum Gasteiger partial charge on any atom is 0.306 e. The van der Waals surface area contributed by atoms with Crippen molar-refractivity contribution in [1.82, 2.24) is 0 Å². The Bertz CT molecular complexity index is 1270. The van der Waals surface area contributed by atoms with E-state index in [1.165, 1.54) is 109 Å². The van der Waals surface area contributed by atoms with E-state index in [0.29, 0.717) is 17.4 Å². The molecule has 0 spiro atoms. The predicted octanol–water partition coefficient (Wildman–Crippen LogP) is 15.0. The minimum atomic E-state index is -4.64. The van der Waals surface area contributed by atoms with Crippen LogP contribution in [0.25, 0.3) is 0 Å². The molecular formula is C54H98NO8P. The van der Waals surface area contributed by atoms with Crippen LogP contribution >= 0.6 is 7.82 Å². The Balaban J connectivity index is 4.28. The highest BCUT2D eigenvalue weighted by atomic mass is 31.2. The lowest BCUT2D eigenvalue weighted by molar-refractivity contribution is -0.870. The zero-order valence-corrected chi connectivity index (χ0v) is 42.9. The molecule has 0 rings (SSSR count). The van der Waals surface area contributed by atoms with Gasteiger partial charge < -0.3 is 27.9 Å². The summed E-state index contributed by atoms with van der Waals surface area (Å²) >= 11 is 0. The normalized spacial score (nSPS) is 13.9. The van der Waals surface area contributed by atoms with Gasteiger partial charge in [-0.2, -0.15) is 0 Å². The van der Waals surface area contributed by atoms with E-state index in [2.05, 4.69) is 74.6 Å². The highest BCUT2D eigenvalue weighted by molar-refractivity contribution is 7.45. The molecule has 0 saturated heterocycles. The number of likely N-dealkylation sites (N-methyl/N-ethyl adjacent to an activating group) is 1. The largest absolute Gasteiger partial charge is 0.756 e. The fourth-order valence-corrected chi connectivity index (χ4v) is 7.66. The van der Waals surface area contributed by atoms with Gasteiger partial charge in [-0.3, -0.25) is 14.2 Å². The highest BCUT2D eigenvalue weighted by Gasteiger charge is 2.21. The van der Waals surface area contributed by atoms with Crippen LogP contribution < -0.4 is 4.89 Å². The quantitative estimate of drug-likeness (QED) is 0.0195. The third kappa shape index (κ3) is 49.2. The fraction of sp³-hybridized carbons (Fsp3) is 0.778. The van der Waals surface area contributed by atoms with Crippen molar-refractivity contribution in [2.24, 2.45) is 0 Å². The van der Waals surface area contributed by atoms with E-state index in [1.54, 1.807) is 0 Å². The van der Waals surface area contributed by atoms with Crippen molar-refractivity contribution < 1.29 is 42.1 Å². The molecule has 0 radical (unpaired) electrons. The Hall–Kier alpha value is -2.29. The van der Waals surface area contributed by atoms with Gasteiger partial charge in [-0.25, -0.2) is 0 Å². The summed E-state index contributed by atoms with van der Waals surface area (Å²) in [5.74, 6) is -0.851. The molecule has 0 amide bonds. The molecule has 9 nitrogen and oxygen atoms in total. The molecule has 2 unspecified atom stereocenters. The number of hydrogen-bond acceptors (Lipinski definition) is 8. The average Bonchev–Trinajstić information content (AvgIpc) is 3.25. The van der Waals surface area contributed by atoms with Crippen molar-refractivity contribution in [1.29, 1.82) is 0 Å². The number of phosphoric ester groups is 1. The second kappa shape index (κ2) is 45.8. The predicted molar refractivity (Wildman–Crippen MR) is 268 cm³/mol. The number of ether oxygens (including phenoxy) is 2. The van der Waals surface area contributed by atoms with Crippen LogP contribution in [0.15, 0.2) is 60.8 Å². The lowest BCUT2D eigenvalue weighted by Crippen LogP contribution is -2.37. The average molecular weight is 920 g/mol. The van der Waals surface area contributed by atoms with Gasteiger partial charge >= 0.3 is 11.9 Å². The van der Waals surface area contributed by atoms with E-state index in [-0.39, 0.29) is 26.1 Å². The van der Waals surface area contributed by atoms with E-state index in [0.717, 1.165) is 77.0 Å². The van der Waals surface area contributed by atoms with Crippen LogP contribution in [-0.2, 0) is 32.7 Å². The summed E-state index contributed by atoms with van der Waals surface area (Å²) in [5.41, 5.74) is 0. The van der Waals surface area contributed by atoms with Gasteiger partial charge in [0.2, 0.25) is 0 Å². The molecule has 10 heteroatoms. The van der Waals surface area contributed by atoms with Crippen molar-refractivity contribution in [3.63, 3.8) is 0 Å². The topological polar surface area (TPSA) is 111 Å². The molecule has 0 aromatic carbocycles. The van der Waals surface area contributed by atoms with Gasteiger partial charge in [-0.05, 0) is 83.5 Å². The standard InChI is InChI=1S/C54H98NO8P/c1-6-8-10-12-14-16-18-20-22-24-25-26-27-28-29-31-33-35-37-39-41-43-45-47-54(57)63-52(51-62-64(58,59)61-49-48-55(3,4)5)50-60-53(56)46-44-42-40-38-36-34-32-30-23-21-19-17-15-13-11-9-7-2/h15,17-18,20-21,23-25,27-28,52H,6-14,16,19,22,26,29-51H2,1-5H3/b17-15-,20-18-,23-21-,25-24-,28-27-. The van der Waals surface area contributed by atoms with Crippen LogP contribution in [-0.4, -0.2) is 70.0 Å². The number of unbranched alkanes of at least 4 members (excludes halogenated alkanes) is 23. The molecular weight excluding hydrogens is 822 g/mol. The summed E-state index contributed by atoms with van der Waals surface area (Å²) in [5, 5.41) is 0. The zero-order valence-electron chi connectivity index (χ0n) is 42.0. The number of rotatable bonds is 47. The molecule has 0 aliphatic rings. The van der Waals surface area contributed by atoms with E-state index in [1.807, 2.05) is 21.1 Å². The van der Waals surface area contributed by atoms with E-state index in [4.69, 9.17) is 18.5 Å². The third-order valence-corrected chi connectivity index (χ3v) is 12.0. The first-order chi connectivity index (χ1) is 31.0. The van der Waals surface area contributed by atoms with Gasteiger partial charge in [0.15, 0.2) is 6.10 Å². The van der Waals surface area contributed by atoms with Gasteiger partial charge in [-0.1, -0.05) is 184 Å². The Labute approximate surface area is 394 Å². The Morgan fingerprint density at radius 2 is 0.844 bits per heavy atom. The van der Waals surface area contributed by atoms with Crippen molar-refractivity contribution in [3.05, 3.63) is 60.8 Å². The monoisotopic (exact) mass is 920 g/mol. The molecule has 0 heterocycles. The van der Waals surface area contributed by atoms with Gasteiger partial charge in [0.1, 0.15) is 19.8 Å². The Morgan fingerprint density at radius 3 is 1.28 bits per heavy atom. The molecule has 0 saturated carbocycles. The van der Waals surface area contributed by atoms with E-state index < -0.39 is 32.5 Å². The number of carbonyl (C=O) groups is 2. The fourth-order valence-electron chi connectivity index (χ4n) is 6.93. The second-order valence-electron chi connectivity index (χ2n) is 18.5. The third-order valence-electron chi connectivity index (χ3n) is 11.0. The van der Waals surface area contributed by atoms with Crippen molar-refractivity contribution in [3.8, 4) is 0 Å². The zero-order chi connectivity index (χ0) is 47.1. The van der Waals surface area contributed by atoms with Crippen LogP contribution in [0.3, 0.4) is 0 Å². The maximum absolute atomic E-state index is 12.8. The van der Waals surface area contributed by atoms with Crippen molar-refractivity contribution >= 4 is 19.8 Å². The lowest BCUT2D eigenvalue weighted by Gasteiger charge is -2.28. The number of allylic oxidation sites excluding steroid dienone is 10. The van der Waals surface area contributed by atoms with Crippen LogP contribution in [0.1, 0.15) is 219 Å². The molecule has 372 valence electrons. The van der Waals surface area contributed by atoms with Crippen molar-refractivity contribution in [2.45, 2.75) is 225 Å². The number of hydrogen-bond donors (Lipinski definition) is 0. The number of quaternary nitrogens is 1. The first-order valence-corrected chi connectivity index (χ1v) is 27.5. The molecule has 0 aliphatic heterocycles. The molecule has 64 heavy (non-hydrogen) atoms.